The number of oxazole rings is 1. The summed E-state index contributed by atoms with van der Waals surface area (Å²) in [6.45, 7) is 2.05. The largest absolute Gasteiger partial charge is 0.460 e. The molecule has 3 rings (SSSR count). The molecule has 1 aliphatic rings. The number of aromatic nitrogens is 1. The zero-order valence-electron chi connectivity index (χ0n) is 11.4. The van der Waals surface area contributed by atoms with Crippen molar-refractivity contribution in [3.05, 3.63) is 39.7 Å². The lowest BCUT2D eigenvalue weighted by molar-refractivity contribution is 0.0489. The molecule has 1 aromatic heterocycles. The Bertz CT molecular complexity index is 672. The van der Waals surface area contributed by atoms with E-state index in [1.807, 2.05) is 0 Å². The van der Waals surface area contributed by atoms with Crippen molar-refractivity contribution in [3.8, 4) is 11.5 Å². The molecule has 0 unspecified atom stereocenters. The van der Waals surface area contributed by atoms with Gasteiger partial charge in [-0.25, -0.2) is 9.78 Å². The van der Waals surface area contributed by atoms with Gasteiger partial charge in [-0.2, -0.15) is 0 Å². The molecule has 6 heteroatoms. The number of esters is 1. The average Bonchev–Trinajstić information content (AvgIpc) is 3.16. The number of benzene rings is 1. The number of ether oxygens (including phenoxy) is 1. The van der Waals surface area contributed by atoms with Gasteiger partial charge in [0.1, 0.15) is 0 Å². The lowest BCUT2D eigenvalue weighted by Gasteiger charge is -1.99. The van der Waals surface area contributed by atoms with Crippen LogP contribution in [0.15, 0.2) is 22.6 Å². The van der Waals surface area contributed by atoms with Gasteiger partial charge in [0.05, 0.1) is 12.3 Å². The van der Waals surface area contributed by atoms with Gasteiger partial charge in [-0.1, -0.05) is 23.2 Å². The van der Waals surface area contributed by atoms with Gasteiger partial charge >= 0.3 is 5.97 Å². The van der Waals surface area contributed by atoms with Crippen LogP contribution in [0.4, 0.5) is 0 Å². The van der Waals surface area contributed by atoms with Gasteiger partial charge < -0.3 is 9.15 Å². The molecule has 0 amide bonds. The Morgan fingerprint density at radius 1 is 1.33 bits per heavy atom. The van der Waals surface area contributed by atoms with Gasteiger partial charge in [0.25, 0.3) is 0 Å². The van der Waals surface area contributed by atoms with E-state index >= 15 is 0 Å². The highest BCUT2D eigenvalue weighted by Gasteiger charge is 2.34. The smallest absolute Gasteiger partial charge is 0.376 e. The third-order valence-corrected chi connectivity index (χ3v) is 3.62. The summed E-state index contributed by atoms with van der Waals surface area (Å²) >= 11 is 12.0. The summed E-state index contributed by atoms with van der Waals surface area (Å²) in [5, 5.41) is 0.975. The molecule has 1 fully saturated rings. The summed E-state index contributed by atoms with van der Waals surface area (Å²) in [5.41, 5.74) is 1.31. The van der Waals surface area contributed by atoms with E-state index in [4.69, 9.17) is 32.4 Å². The molecule has 0 bridgehead atoms. The maximum Gasteiger partial charge on any atom is 0.376 e. The molecule has 4 nitrogen and oxygen atoms in total. The van der Waals surface area contributed by atoms with Gasteiger partial charge in [0.2, 0.25) is 11.7 Å². The molecule has 1 heterocycles. The molecule has 0 saturated heterocycles. The minimum atomic E-state index is -0.480. The Morgan fingerprint density at radius 3 is 2.57 bits per heavy atom. The van der Waals surface area contributed by atoms with Crippen molar-refractivity contribution in [2.75, 3.05) is 6.61 Å². The number of hydrogen-bond acceptors (Lipinski definition) is 4. The van der Waals surface area contributed by atoms with Crippen molar-refractivity contribution >= 4 is 29.2 Å². The summed E-state index contributed by atoms with van der Waals surface area (Å²) in [5.74, 6) is 0.317. The maximum absolute atomic E-state index is 12.0. The average molecular weight is 326 g/mol. The van der Waals surface area contributed by atoms with Crippen molar-refractivity contribution in [3.63, 3.8) is 0 Å². The minimum Gasteiger partial charge on any atom is -0.460 e. The summed E-state index contributed by atoms with van der Waals surface area (Å²) < 4.78 is 10.6. The van der Waals surface area contributed by atoms with Gasteiger partial charge in [-0.15, -0.1) is 0 Å². The Morgan fingerprint density at radius 2 is 2.00 bits per heavy atom. The number of rotatable bonds is 4. The van der Waals surface area contributed by atoms with Gasteiger partial charge in [0.15, 0.2) is 0 Å². The topological polar surface area (TPSA) is 52.3 Å². The third kappa shape index (κ3) is 3.06. The number of nitrogens with zero attached hydrogens (tertiary/aromatic N) is 1. The molecular weight excluding hydrogens is 313 g/mol. The van der Waals surface area contributed by atoms with Crippen LogP contribution in [0.3, 0.4) is 0 Å². The first kappa shape index (κ1) is 14.4. The van der Waals surface area contributed by atoms with Crippen LogP contribution in [0.5, 0.6) is 0 Å². The fourth-order valence-corrected chi connectivity index (χ4v) is 2.64. The maximum atomic E-state index is 12.0. The van der Waals surface area contributed by atoms with Crippen LogP contribution >= 0.6 is 23.2 Å². The van der Waals surface area contributed by atoms with Crippen molar-refractivity contribution in [1.29, 1.82) is 0 Å². The Hall–Kier alpha value is -1.52. The normalized spacial score (nSPS) is 14.2. The molecule has 1 saturated carbocycles. The molecule has 110 valence electrons. The SMILES string of the molecule is CCOC(=O)c1oc(-c2cc(Cl)cc(Cl)c2)nc1C1CC1. The van der Waals surface area contributed by atoms with Crippen molar-refractivity contribution in [2.45, 2.75) is 25.7 Å². The second-order valence-electron chi connectivity index (χ2n) is 4.89. The first-order valence-corrected chi connectivity index (χ1v) is 7.48. The van der Waals surface area contributed by atoms with Crippen LogP contribution in [0.2, 0.25) is 10.0 Å². The molecule has 0 aliphatic heterocycles. The second-order valence-corrected chi connectivity index (χ2v) is 5.76. The zero-order chi connectivity index (χ0) is 15.0. The second kappa shape index (κ2) is 5.70. The highest BCUT2D eigenvalue weighted by Crippen LogP contribution is 2.42. The molecule has 1 aliphatic carbocycles. The predicted molar refractivity (Wildman–Crippen MR) is 79.9 cm³/mol. The molecule has 21 heavy (non-hydrogen) atoms. The molecule has 2 aromatic rings. The molecule has 0 atom stereocenters. The van der Waals surface area contributed by atoms with Crippen LogP contribution in [0.1, 0.15) is 41.9 Å². The molecular formula is C15H13Cl2NO3. The molecule has 0 spiro atoms. The van der Waals surface area contributed by atoms with Crippen molar-refractivity contribution in [2.24, 2.45) is 0 Å². The highest BCUT2D eigenvalue weighted by atomic mass is 35.5. The van der Waals surface area contributed by atoms with Gasteiger partial charge in [-0.05, 0) is 38.0 Å². The number of carbonyl (C=O) groups is 1. The van der Waals surface area contributed by atoms with Crippen LogP contribution < -0.4 is 0 Å². The van der Waals surface area contributed by atoms with Crippen molar-refractivity contribution in [1.82, 2.24) is 4.98 Å². The molecule has 0 radical (unpaired) electrons. The molecule has 0 N–H and O–H groups in total. The third-order valence-electron chi connectivity index (χ3n) is 3.19. The summed E-state index contributed by atoms with van der Waals surface area (Å²) in [6, 6.07) is 5.03. The Balaban J connectivity index is 2.03. The lowest BCUT2D eigenvalue weighted by atomic mass is 10.2. The highest BCUT2D eigenvalue weighted by molar-refractivity contribution is 6.35. The summed E-state index contributed by atoms with van der Waals surface area (Å²) in [7, 11) is 0. The zero-order valence-corrected chi connectivity index (χ0v) is 12.9. The Kier molecular flexibility index (Phi) is 3.91. The van der Waals surface area contributed by atoms with Crippen LogP contribution in [0.25, 0.3) is 11.5 Å². The van der Waals surface area contributed by atoms with E-state index in [0.717, 1.165) is 12.8 Å². The summed E-state index contributed by atoms with van der Waals surface area (Å²) in [6.07, 6.45) is 2.02. The van der Waals surface area contributed by atoms with E-state index in [9.17, 15) is 4.79 Å². The number of carbonyl (C=O) groups excluding carboxylic acids is 1. The van der Waals surface area contributed by atoms with Gasteiger partial charge in [0, 0.05) is 21.5 Å². The van der Waals surface area contributed by atoms with Crippen LogP contribution in [-0.4, -0.2) is 17.6 Å². The minimum absolute atomic E-state index is 0.186. The van der Waals surface area contributed by atoms with Crippen LogP contribution in [-0.2, 0) is 4.74 Å². The van der Waals surface area contributed by atoms with E-state index in [1.165, 1.54) is 0 Å². The van der Waals surface area contributed by atoms with Gasteiger partial charge in [-0.3, -0.25) is 0 Å². The number of halogens is 2. The first-order chi connectivity index (χ1) is 10.1. The first-order valence-electron chi connectivity index (χ1n) is 6.72. The van der Waals surface area contributed by atoms with E-state index in [0.29, 0.717) is 33.8 Å². The molecule has 1 aromatic carbocycles. The van der Waals surface area contributed by atoms with E-state index < -0.39 is 5.97 Å². The van der Waals surface area contributed by atoms with E-state index in [-0.39, 0.29) is 11.7 Å². The summed E-state index contributed by atoms with van der Waals surface area (Å²) in [4.78, 5) is 16.4. The fraction of sp³-hybridized carbons (Fsp3) is 0.333. The van der Waals surface area contributed by atoms with Crippen molar-refractivity contribution < 1.29 is 13.9 Å². The van der Waals surface area contributed by atoms with Crippen LogP contribution in [0, 0.1) is 0 Å². The Labute approximate surface area is 132 Å². The quantitative estimate of drug-likeness (QED) is 0.764. The lowest BCUT2D eigenvalue weighted by Crippen LogP contribution is -2.05. The number of hydrogen-bond donors (Lipinski definition) is 0. The standard InChI is InChI=1S/C15H13Cl2NO3/c1-2-20-15(19)13-12(8-3-4-8)18-14(21-13)9-5-10(16)7-11(17)6-9/h5-8H,2-4H2,1H3. The fourth-order valence-electron chi connectivity index (χ4n) is 2.11. The van der Waals surface area contributed by atoms with E-state index in [2.05, 4.69) is 4.98 Å². The monoisotopic (exact) mass is 325 g/mol. The van der Waals surface area contributed by atoms with E-state index in [1.54, 1.807) is 25.1 Å². The predicted octanol–water partition coefficient (Wildman–Crippen LogP) is 4.70.